The Kier molecular flexibility index (Phi) is 6.00. The van der Waals surface area contributed by atoms with E-state index in [0.29, 0.717) is 5.65 Å². The number of ether oxygens (including phenoxy) is 1. The zero-order chi connectivity index (χ0) is 23.0. The number of hydrogen-bond donors (Lipinski definition) is 4. The summed E-state index contributed by atoms with van der Waals surface area (Å²) in [5.74, 6) is -0.405. The fourth-order valence-electron chi connectivity index (χ4n) is 3.96. The number of rotatable bonds is 6. The zero-order valence-electron chi connectivity index (χ0n) is 17.0. The van der Waals surface area contributed by atoms with E-state index in [-0.39, 0.29) is 22.8 Å². The van der Waals surface area contributed by atoms with Crippen LogP contribution < -0.4 is 10.1 Å². The number of nitrogens with one attached hydrogen (secondary N) is 1. The van der Waals surface area contributed by atoms with Crippen LogP contribution in [0.15, 0.2) is 36.8 Å². The number of carboxylic acid groups (broad SMARTS) is 1. The molecule has 2 aromatic heterocycles. The molecule has 2 heterocycles. The van der Waals surface area contributed by atoms with E-state index >= 15 is 0 Å². The average molecular weight is 461 g/mol. The molecule has 10 nitrogen and oxygen atoms in total. The van der Waals surface area contributed by atoms with Crippen LogP contribution in [0.5, 0.6) is 5.75 Å². The van der Waals surface area contributed by atoms with E-state index in [1.807, 2.05) is 18.3 Å². The van der Waals surface area contributed by atoms with Crippen molar-refractivity contribution in [3.63, 3.8) is 0 Å². The summed E-state index contributed by atoms with van der Waals surface area (Å²) < 4.78 is 7.71. The van der Waals surface area contributed by atoms with Crippen molar-refractivity contribution < 1.29 is 29.6 Å². The Morgan fingerprint density at radius 2 is 2.03 bits per heavy atom. The summed E-state index contributed by atoms with van der Waals surface area (Å²) in [6.07, 6.45) is -1.05. The van der Waals surface area contributed by atoms with Crippen LogP contribution in [0.4, 0.5) is 4.79 Å². The second-order valence-corrected chi connectivity index (χ2v) is 8.02. The molecule has 1 saturated carbocycles. The first-order valence-electron chi connectivity index (χ1n) is 9.86. The third-order valence-corrected chi connectivity index (χ3v) is 5.82. The fraction of sp³-hybridized carbons (Fsp3) is 0.333. The number of carbonyl (C=O) groups excluding carboxylic acids is 1. The molecule has 0 saturated heterocycles. The van der Waals surface area contributed by atoms with Gasteiger partial charge in [-0.2, -0.15) is 0 Å². The summed E-state index contributed by atoms with van der Waals surface area (Å²) in [7, 11) is 0. The van der Waals surface area contributed by atoms with Crippen LogP contribution in [-0.2, 0) is 0 Å². The van der Waals surface area contributed by atoms with E-state index < -0.39 is 42.8 Å². The van der Waals surface area contributed by atoms with Crippen LogP contribution in [-0.4, -0.2) is 66.6 Å². The second kappa shape index (κ2) is 8.73. The van der Waals surface area contributed by atoms with Gasteiger partial charge >= 0.3 is 6.09 Å². The molecule has 4 rings (SSSR count). The van der Waals surface area contributed by atoms with E-state index in [4.69, 9.17) is 21.4 Å². The van der Waals surface area contributed by atoms with Gasteiger partial charge in [-0.3, -0.25) is 4.79 Å². The van der Waals surface area contributed by atoms with Gasteiger partial charge in [-0.15, -0.1) is 0 Å². The largest absolute Gasteiger partial charge is 0.487 e. The van der Waals surface area contributed by atoms with Gasteiger partial charge in [0.15, 0.2) is 5.78 Å². The number of halogens is 1. The van der Waals surface area contributed by atoms with Gasteiger partial charge in [-0.1, -0.05) is 11.6 Å². The quantitative estimate of drug-likeness (QED) is 0.408. The molecule has 32 heavy (non-hydrogen) atoms. The monoisotopic (exact) mass is 460 g/mol. The minimum atomic E-state index is -1.34. The van der Waals surface area contributed by atoms with Gasteiger partial charge in [0.1, 0.15) is 36.0 Å². The average Bonchev–Trinajstić information content (AvgIpc) is 3.30. The lowest BCUT2D eigenvalue weighted by Crippen LogP contribution is -2.34. The number of nitrogens with zero attached hydrogens (tertiary/aromatic N) is 3. The molecule has 1 amide bonds. The molecule has 1 aliphatic carbocycles. The smallest absolute Gasteiger partial charge is 0.405 e. The Morgan fingerprint density at radius 3 is 2.78 bits per heavy atom. The summed E-state index contributed by atoms with van der Waals surface area (Å²) >= 11 is 6.00. The maximum atomic E-state index is 12.5. The van der Waals surface area contributed by atoms with Crippen LogP contribution in [0.2, 0.25) is 5.02 Å². The minimum Gasteiger partial charge on any atom is -0.487 e. The molecule has 4 atom stereocenters. The lowest BCUT2D eigenvalue weighted by molar-refractivity contribution is -0.0165. The molecule has 1 aromatic carbocycles. The van der Waals surface area contributed by atoms with E-state index in [9.17, 15) is 19.8 Å². The maximum Gasteiger partial charge on any atom is 0.405 e. The molecule has 0 radical (unpaired) electrons. The van der Waals surface area contributed by atoms with Crippen molar-refractivity contribution in [3.05, 3.63) is 53.1 Å². The molecule has 0 aliphatic heterocycles. The Labute approximate surface area is 187 Å². The number of aliphatic hydroxyl groups is 2. The number of carbonyl (C=O) groups is 2. The molecule has 0 spiro atoms. The number of fused-ring (bicyclic) bond motifs is 1. The number of benzene rings is 1. The first kappa shape index (κ1) is 22.0. The Balaban J connectivity index is 1.59. The van der Waals surface area contributed by atoms with Gasteiger partial charge in [-0.25, -0.2) is 14.8 Å². The highest BCUT2D eigenvalue weighted by molar-refractivity contribution is 6.31. The van der Waals surface area contributed by atoms with E-state index in [2.05, 4.69) is 9.97 Å². The number of aliphatic hydroxyl groups excluding tert-OH is 2. The zero-order valence-corrected chi connectivity index (χ0v) is 17.7. The van der Waals surface area contributed by atoms with Gasteiger partial charge < -0.3 is 29.9 Å². The first-order chi connectivity index (χ1) is 15.3. The van der Waals surface area contributed by atoms with Crippen LogP contribution in [0.25, 0.3) is 11.0 Å². The van der Waals surface area contributed by atoms with Crippen molar-refractivity contribution in [2.45, 2.75) is 37.7 Å². The van der Waals surface area contributed by atoms with Gasteiger partial charge in [0, 0.05) is 23.0 Å². The van der Waals surface area contributed by atoms with Gasteiger partial charge in [0.25, 0.3) is 0 Å². The second-order valence-electron chi connectivity index (χ2n) is 7.58. The van der Waals surface area contributed by atoms with Crippen molar-refractivity contribution in [3.8, 4) is 5.75 Å². The van der Waals surface area contributed by atoms with Crippen LogP contribution in [0.1, 0.15) is 28.5 Å². The lowest BCUT2D eigenvalue weighted by atomic mass is 10.1. The number of aromatic nitrogens is 3. The Hall–Kier alpha value is -3.21. The van der Waals surface area contributed by atoms with Crippen molar-refractivity contribution in [2.75, 3.05) is 6.54 Å². The van der Waals surface area contributed by atoms with Crippen LogP contribution >= 0.6 is 11.6 Å². The first-order valence-corrected chi connectivity index (χ1v) is 10.2. The molecule has 1 fully saturated rings. The number of ketones is 1. The number of amides is 1. The normalized spacial score (nSPS) is 22.8. The predicted molar refractivity (Wildman–Crippen MR) is 114 cm³/mol. The number of hydrogen-bond acceptors (Lipinski definition) is 7. The predicted octanol–water partition coefficient (Wildman–Crippen LogP) is 1.96. The molecular formula is C21H21ClN4O6. The molecule has 168 valence electrons. The number of aryl methyl sites for hydroxylation is 1. The van der Waals surface area contributed by atoms with Gasteiger partial charge in [0.2, 0.25) is 0 Å². The van der Waals surface area contributed by atoms with Crippen molar-refractivity contribution in [1.82, 2.24) is 19.9 Å². The summed E-state index contributed by atoms with van der Waals surface area (Å²) in [6, 6.07) is 5.71. The highest BCUT2D eigenvalue weighted by Gasteiger charge is 2.44. The van der Waals surface area contributed by atoms with E-state index in [0.717, 1.165) is 11.1 Å². The molecular weight excluding hydrogens is 440 g/mol. The highest BCUT2D eigenvalue weighted by atomic mass is 35.5. The maximum absolute atomic E-state index is 12.5. The molecule has 11 heteroatoms. The topological polar surface area (TPSA) is 147 Å². The summed E-state index contributed by atoms with van der Waals surface area (Å²) in [4.78, 5) is 31.7. The van der Waals surface area contributed by atoms with Gasteiger partial charge in [0.05, 0.1) is 23.8 Å². The minimum absolute atomic E-state index is 0.0752. The molecule has 0 unspecified atom stereocenters. The number of Topliss-reactive ketones (excluding diaryl/α,β-unsaturated/α-hetero) is 1. The van der Waals surface area contributed by atoms with Crippen molar-refractivity contribution in [1.29, 1.82) is 0 Å². The molecule has 4 N–H and O–H groups in total. The van der Waals surface area contributed by atoms with E-state index in [1.165, 1.54) is 24.5 Å². The standard InChI is InChI=1S/C21H21ClN4O6/c1-10-12-4-5-26(20(12)25-9-24-10)14-7-17(19(29)18(14)28)32-16-3-2-11(22)6-13(16)15(27)8-23-21(30)31/h2-6,9,14,17-19,23,28-29H,7-8H2,1H3,(H,30,31)/t14-,17+,18+,19-/m1/s1. The lowest BCUT2D eigenvalue weighted by Gasteiger charge is -2.20. The summed E-state index contributed by atoms with van der Waals surface area (Å²) in [5.41, 5.74) is 1.51. The summed E-state index contributed by atoms with van der Waals surface area (Å²) in [5, 5.41) is 33.2. The Morgan fingerprint density at radius 1 is 1.25 bits per heavy atom. The highest BCUT2D eigenvalue weighted by Crippen LogP contribution is 2.37. The Bertz CT molecular complexity index is 1180. The van der Waals surface area contributed by atoms with Crippen molar-refractivity contribution in [2.24, 2.45) is 0 Å². The molecule has 1 aliphatic rings. The third-order valence-electron chi connectivity index (χ3n) is 5.59. The van der Waals surface area contributed by atoms with E-state index in [1.54, 1.807) is 10.8 Å². The van der Waals surface area contributed by atoms with Crippen LogP contribution in [0.3, 0.4) is 0 Å². The van der Waals surface area contributed by atoms with Crippen LogP contribution in [0, 0.1) is 6.92 Å². The third kappa shape index (κ3) is 4.12. The summed E-state index contributed by atoms with van der Waals surface area (Å²) in [6.45, 7) is 1.40. The molecule has 0 bridgehead atoms. The van der Waals surface area contributed by atoms with Gasteiger partial charge in [-0.05, 0) is 31.2 Å². The molecule has 3 aromatic rings. The van der Waals surface area contributed by atoms with Crippen molar-refractivity contribution >= 4 is 34.5 Å². The SMILES string of the molecule is Cc1ncnc2c1ccn2[C@@H]1C[C@H](Oc2ccc(Cl)cc2C(=O)CNC(=O)O)[C@@H](O)[C@H]1O. The fourth-order valence-corrected chi connectivity index (χ4v) is 4.13.